The van der Waals surface area contributed by atoms with E-state index in [1.807, 2.05) is 12.1 Å². The summed E-state index contributed by atoms with van der Waals surface area (Å²) in [4.78, 5) is 14.2. The molecule has 0 fully saturated rings. The third-order valence-corrected chi connectivity index (χ3v) is 5.17. The summed E-state index contributed by atoms with van der Waals surface area (Å²) in [6.45, 7) is 2.51. The van der Waals surface area contributed by atoms with Crippen LogP contribution in [0.4, 0.5) is 14.9 Å². The molecule has 0 saturated heterocycles. The Labute approximate surface area is 135 Å². The lowest BCUT2D eigenvalue weighted by Gasteiger charge is -2.08. The van der Waals surface area contributed by atoms with Crippen LogP contribution in [0.25, 0.3) is 0 Å². The van der Waals surface area contributed by atoms with E-state index in [2.05, 4.69) is 17.6 Å². The highest BCUT2D eigenvalue weighted by molar-refractivity contribution is 7.84. The van der Waals surface area contributed by atoms with Gasteiger partial charge in [-0.15, -0.1) is 11.3 Å². The van der Waals surface area contributed by atoms with Crippen LogP contribution in [0.1, 0.15) is 16.7 Å². The molecular formula is C15H17FN2O2S2. The zero-order valence-electron chi connectivity index (χ0n) is 12.3. The van der Waals surface area contributed by atoms with Crippen LogP contribution in [-0.4, -0.2) is 16.5 Å². The van der Waals surface area contributed by atoms with E-state index in [0.29, 0.717) is 12.2 Å². The number of aryl methyl sites for hydroxylation is 1. The summed E-state index contributed by atoms with van der Waals surface area (Å²) >= 11 is 1.65. The van der Waals surface area contributed by atoms with E-state index in [9.17, 15) is 13.4 Å². The van der Waals surface area contributed by atoms with E-state index < -0.39 is 22.6 Å². The summed E-state index contributed by atoms with van der Waals surface area (Å²) in [6.07, 6.45) is 2.38. The van der Waals surface area contributed by atoms with Crippen LogP contribution < -0.4 is 10.6 Å². The first kappa shape index (κ1) is 16.6. The average molecular weight is 340 g/mol. The largest absolute Gasteiger partial charge is 0.333 e. The van der Waals surface area contributed by atoms with Gasteiger partial charge >= 0.3 is 6.03 Å². The van der Waals surface area contributed by atoms with Crippen molar-refractivity contribution < 1.29 is 13.4 Å². The van der Waals surface area contributed by atoms with Crippen LogP contribution in [-0.2, 0) is 23.8 Å². The first-order chi connectivity index (χ1) is 10.5. The van der Waals surface area contributed by atoms with Crippen molar-refractivity contribution in [2.45, 2.75) is 24.8 Å². The number of nitrogens with one attached hydrogen (secondary N) is 2. The Morgan fingerprint density at radius 2 is 2.00 bits per heavy atom. The minimum atomic E-state index is -1.39. The number of halogens is 1. The fraction of sp³-hybridized carbons (Fsp3) is 0.267. The second-order valence-electron chi connectivity index (χ2n) is 4.63. The monoisotopic (exact) mass is 340 g/mol. The molecule has 0 saturated carbocycles. The minimum Gasteiger partial charge on any atom is -0.333 e. The lowest BCUT2D eigenvalue weighted by molar-refractivity contribution is 0.252. The zero-order valence-corrected chi connectivity index (χ0v) is 13.9. The molecule has 0 aliphatic heterocycles. The van der Waals surface area contributed by atoms with Gasteiger partial charge in [0.15, 0.2) is 0 Å². The van der Waals surface area contributed by atoms with Crippen molar-refractivity contribution in [3.05, 3.63) is 45.9 Å². The van der Waals surface area contributed by atoms with Crippen LogP contribution in [0.3, 0.4) is 0 Å². The Bertz CT molecular complexity index is 701. The van der Waals surface area contributed by atoms with Crippen LogP contribution in [0, 0.1) is 5.82 Å². The lowest BCUT2D eigenvalue weighted by Crippen LogP contribution is -2.27. The average Bonchev–Trinajstić information content (AvgIpc) is 2.93. The molecule has 0 radical (unpaired) electrons. The summed E-state index contributed by atoms with van der Waals surface area (Å²) in [5, 5.41) is 5.28. The molecule has 2 amide bonds. The molecule has 1 heterocycles. The van der Waals surface area contributed by atoms with Crippen molar-refractivity contribution >= 4 is 33.9 Å². The Hall–Kier alpha value is -1.73. The number of amides is 2. The Balaban J connectivity index is 1.91. The lowest BCUT2D eigenvalue weighted by atomic mass is 10.3. The maximum absolute atomic E-state index is 13.7. The van der Waals surface area contributed by atoms with Crippen LogP contribution >= 0.6 is 11.3 Å². The highest BCUT2D eigenvalue weighted by Crippen LogP contribution is 2.18. The molecule has 22 heavy (non-hydrogen) atoms. The molecule has 0 unspecified atom stereocenters. The number of carbonyl (C=O) groups excluding carboxylic acids is 1. The summed E-state index contributed by atoms with van der Waals surface area (Å²) in [5.74, 6) is -0.593. The van der Waals surface area contributed by atoms with Gasteiger partial charge in [-0.2, -0.15) is 0 Å². The summed E-state index contributed by atoms with van der Waals surface area (Å²) in [6, 6.07) is 7.72. The molecule has 2 N–H and O–H groups in total. The molecule has 1 aromatic carbocycles. The summed E-state index contributed by atoms with van der Waals surface area (Å²) < 4.78 is 24.9. The van der Waals surface area contributed by atoms with Gasteiger partial charge in [0.05, 0.1) is 22.2 Å². The predicted molar refractivity (Wildman–Crippen MR) is 88.3 cm³/mol. The predicted octanol–water partition coefficient (Wildman–Crippen LogP) is 3.51. The van der Waals surface area contributed by atoms with Gasteiger partial charge in [0.2, 0.25) is 0 Å². The number of rotatable bonds is 5. The number of anilines is 1. The van der Waals surface area contributed by atoms with Crippen molar-refractivity contribution in [2.75, 3.05) is 11.6 Å². The molecular weight excluding hydrogens is 323 g/mol. The molecule has 7 heteroatoms. The second kappa shape index (κ2) is 7.51. The normalized spacial score (nSPS) is 12.0. The second-order valence-corrected chi connectivity index (χ2v) is 7.23. The SMILES string of the molecule is CCc1ccc(CNC(=O)Nc2ccc([S@](C)=O)c(F)c2)s1. The Morgan fingerprint density at radius 3 is 2.59 bits per heavy atom. The Morgan fingerprint density at radius 1 is 1.27 bits per heavy atom. The van der Waals surface area contributed by atoms with E-state index >= 15 is 0 Å². The molecule has 0 bridgehead atoms. The molecule has 2 aromatic rings. The number of carbonyl (C=O) groups is 1. The molecule has 1 aromatic heterocycles. The van der Waals surface area contributed by atoms with E-state index in [1.54, 1.807) is 11.3 Å². The molecule has 0 spiro atoms. The number of benzene rings is 1. The molecule has 2 rings (SSSR count). The topological polar surface area (TPSA) is 58.2 Å². The van der Waals surface area contributed by atoms with Gasteiger partial charge in [-0.25, -0.2) is 9.18 Å². The van der Waals surface area contributed by atoms with Gasteiger partial charge in [-0.3, -0.25) is 4.21 Å². The quantitative estimate of drug-likeness (QED) is 0.875. The summed E-state index contributed by atoms with van der Waals surface area (Å²) in [7, 11) is -1.39. The van der Waals surface area contributed by atoms with Gasteiger partial charge in [0, 0.05) is 21.7 Å². The van der Waals surface area contributed by atoms with E-state index in [4.69, 9.17) is 0 Å². The van der Waals surface area contributed by atoms with Gasteiger partial charge in [-0.05, 0) is 36.8 Å². The van der Waals surface area contributed by atoms with Gasteiger partial charge in [0.25, 0.3) is 0 Å². The van der Waals surface area contributed by atoms with Crippen LogP contribution in [0.2, 0.25) is 0 Å². The first-order valence-electron chi connectivity index (χ1n) is 6.75. The van der Waals surface area contributed by atoms with Crippen LogP contribution in [0.5, 0.6) is 0 Å². The minimum absolute atomic E-state index is 0.122. The van der Waals surface area contributed by atoms with Gasteiger partial charge < -0.3 is 10.6 Å². The standard InChI is InChI=1S/C15H17FN2O2S2/c1-3-11-5-6-12(21-11)9-17-15(19)18-10-4-7-14(22(2)20)13(16)8-10/h4-8H,3,9H2,1-2H3,(H2,17,18,19)/t22-/m0/s1. The van der Waals surface area contributed by atoms with E-state index in [0.717, 1.165) is 17.4 Å². The third-order valence-electron chi connectivity index (χ3n) is 2.99. The van der Waals surface area contributed by atoms with E-state index in [-0.39, 0.29) is 4.90 Å². The number of thiophene rings is 1. The van der Waals surface area contributed by atoms with Crippen molar-refractivity contribution in [3.63, 3.8) is 0 Å². The molecule has 1 atom stereocenters. The van der Waals surface area contributed by atoms with Crippen molar-refractivity contribution in [1.82, 2.24) is 5.32 Å². The van der Waals surface area contributed by atoms with Crippen molar-refractivity contribution in [1.29, 1.82) is 0 Å². The molecule has 0 aliphatic rings. The molecule has 0 aliphatic carbocycles. The fourth-order valence-electron chi connectivity index (χ4n) is 1.86. The summed E-state index contributed by atoms with van der Waals surface area (Å²) in [5.41, 5.74) is 0.324. The van der Waals surface area contributed by atoms with Crippen molar-refractivity contribution in [2.24, 2.45) is 0 Å². The number of urea groups is 1. The fourth-order valence-corrected chi connectivity index (χ4v) is 3.35. The Kier molecular flexibility index (Phi) is 5.68. The third kappa shape index (κ3) is 4.38. The maximum Gasteiger partial charge on any atom is 0.319 e. The van der Waals surface area contributed by atoms with Gasteiger partial charge in [-0.1, -0.05) is 6.92 Å². The highest BCUT2D eigenvalue weighted by Gasteiger charge is 2.09. The van der Waals surface area contributed by atoms with Crippen molar-refractivity contribution in [3.8, 4) is 0 Å². The zero-order chi connectivity index (χ0) is 16.1. The maximum atomic E-state index is 13.7. The van der Waals surface area contributed by atoms with E-state index in [1.165, 1.54) is 23.3 Å². The molecule has 4 nitrogen and oxygen atoms in total. The number of hydrogen-bond acceptors (Lipinski definition) is 3. The van der Waals surface area contributed by atoms with Gasteiger partial charge in [0.1, 0.15) is 5.82 Å². The first-order valence-corrected chi connectivity index (χ1v) is 9.12. The van der Waals surface area contributed by atoms with Crippen LogP contribution in [0.15, 0.2) is 35.2 Å². The highest BCUT2D eigenvalue weighted by atomic mass is 32.2. The molecule has 118 valence electrons. The smallest absolute Gasteiger partial charge is 0.319 e. The number of hydrogen-bond donors (Lipinski definition) is 2.